The molecule has 0 atom stereocenters. The first kappa shape index (κ1) is 15.1. The van der Waals surface area contributed by atoms with Gasteiger partial charge in [-0.15, -0.1) is 0 Å². The molecule has 0 aliphatic carbocycles. The molecule has 2 rings (SSSR count). The smallest absolute Gasteiger partial charge is 0.226 e. The molecule has 0 saturated heterocycles. The third-order valence-electron chi connectivity index (χ3n) is 3.54. The van der Waals surface area contributed by atoms with Gasteiger partial charge in [0.2, 0.25) is 5.91 Å². The molecule has 0 aliphatic heterocycles. The molecule has 0 aliphatic rings. The van der Waals surface area contributed by atoms with Crippen molar-refractivity contribution in [1.82, 2.24) is 4.90 Å². The lowest BCUT2D eigenvalue weighted by Gasteiger charge is -2.17. The lowest BCUT2D eigenvalue weighted by atomic mass is 10.1. The van der Waals surface area contributed by atoms with Crippen LogP contribution < -0.4 is 0 Å². The maximum atomic E-state index is 12.1. The molecule has 110 valence electrons. The number of nitrogens with zero attached hydrogens (tertiary/aromatic N) is 1. The molecule has 0 aromatic heterocycles. The number of hydrogen-bond acceptors (Lipinski definition) is 2. The summed E-state index contributed by atoms with van der Waals surface area (Å²) < 4.78 is 0. The van der Waals surface area contributed by atoms with E-state index >= 15 is 0 Å². The average molecular weight is 283 g/mol. The van der Waals surface area contributed by atoms with Crippen LogP contribution in [0.3, 0.4) is 0 Å². The molecule has 0 radical (unpaired) electrons. The topological polar surface area (TPSA) is 40.5 Å². The van der Waals surface area contributed by atoms with Crippen LogP contribution in [0.4, 0.5) is 0 Å². The number of phenolic OH excluding ortho intramolecular Hbond substituents is 1. The Morgan fingerprint density at radius 2 is 1.81 bits per heavy atom. The third kappa shape index (κ3) is 4.63. The number of hydrogen-bond donors (Lipinski definition) is 1. The van der Waals surface area contributed by atoms with E-state index in [-0.39, 0.29) is 11.7 Å². The van der Waals surface area contributed by atoms with E-state index in [9.17, 15) is 9.90 Å². The van der Waals surface area contributed by atoms with Crippen LogP contribution in [-0.2, 0) is 17.6 Å². The number of carbonyl (C=O) groups is 1. The van der Waals surface area contributed by atoms with Crippen molar-refractivity contribution in [2.45, 2.75) is 19.8 Å². The minimum atomic E-state index is 0.0911. The number of benzene rings is 2. The average Bonchev–Trinajstić information content (AvgIpc) is 2.47. The minimum absolute atomic E-state index is 0.0911. The van der Waals surface area contributed by atoms with Crippen LogP contribution >= 0.6 is 0 Å². The van der Waals surface area contributed by atoms with Crippen molar-refractivity contribution in [3.63, 3.8) is 0 Å². The standard InChI is InChI=1S/C18H21NO2/c1-14-4-3-5-15(12-14)10-11-19(2)18(21)13-16-6-8-17(20)9-7-16/h3-9,12,20H,10-11,13H2,1-2H3. The quantitative estimate of drug-likeness (QED) is 0.916. The molecule has 0 bridgehead atoms. The number of phenols is 1. The Morgan fingerprint density at radius 3 is 2.48 bits per heavy atom. The van der Waals surface area contributed by atoms with Gasteiger partial charge in [-0.25, -0.2) is 0 Å². The van der Waals surface area contributed by atoms with Gasteiger partial charge in [0.05, 0.1) is 6.42 Å². The number of likely N-dealkylation sites (N-methyl/N-ethyl adjacent to an activating group) is 1. The summed E-state index contributed by atoms with van der Waals surface area (Å²) in [7, 11) is 1.83. The van der Waals surface area contributed by atoms with E-state index in [4.69, 9.17) is 0 Å². The fourth-order valence-corrected chi connectivity index (χ4v) is 2.21. The Labute approximate surface area is 125 Å². The van der Waals surface area contributed by atoms with Crippen molar-refractivity contribution >= 4 is 5.91 Å². The lowest BCUT2D eigenvalue weighted by molar-refractivity contribution is -0.129. The van der Waals surface area contributed by atoms with Crippen LogP contribution in [-0.4, -0.2) is 29.5 Å². The van der Waals surface area contributed by atoms with Crippen LogP contribution in [0.1, 0.15) is 16.7 Å². The molecule has 1 N–H and O–H groups in total. The van der Waals surface area contributed by atoms with Gasteiger partial charge >= 0.3 is 0 Å². The number of amides is 1. The number of rotatable bonds is 5. The van der Waals surface area contributed by atoms with Gasteiger partial charge in [-0.2, -0.15) is 0 Å². The van der Waals surface area contributed by atoms with Gasteiger partial charge in [0, 0.05) is 13.6 Å². The van der Waals surface area contributed by atoms with Gasteiger partial charge in [0.1, 0.15) is 5.75 Å². The predicted molar refractivity (Wildman–Crippen MR) is 84.3 cm³/mol. The van der Waals surface area contributed by atoms with E-state index < -0.39 is 0 Å². The number of aryl methyl sites for hydroxylation is 1. The summed E-state index contributed by atoms with van der Waals surface area (Å²) in [6.45, 7) is 2.78. The van der Waals surface area contributed by atoms with Gasteiger partial charge < -0.3 is 10.0 Å². The largest absolute Gasteiger partial charge is 0.508 e. The maximum absolute atomic E-state index is 12.1. The van der Waals surface area contributed by atoms with Crippen LogP contribution in [0.25, 0.3) is 0 Å². The molecule has 1 amide bonds. The van der Waals surface area contributed by atoms with E-state index in [1.807, 2.05) is 13.1 Å². The summed E-state index contributed by atoms with van der Waals surface area (Å²) in [5.74, 6) is 0.312. The van der Waals surface area contributed by atoms with Gasteiger partial charge in [-0.05, 0) is 36.6 Å². The predicted octanol–water partition coefficient (Wildman–Crippen LogP) is 2.94. The Bertz CT molecular complexity index is 605. The molecule has 0 saturated carbocycles. The Kier molecular flexibility index (Phi) is 4.99. The second kappa shape index (κ2) is 6.93. The summed E-state index contributed by atoms with van der Waals surface area (Å²) in [5, 5.41) is 9.24. The Balaban J connectivity index is 1.86. The zero-order valence-corrected chi connectivity index (χ0v) is 12.5. The molecule has 2 aromatic rings. The SMILES string of the molecule is Cc1cccc(CCN(C)C(=O)Cc2ccc(O)cc2)c1. The highest BCUT2D eigenvalue weighted by atomic mass is 16.3. The van der Waals surface area contributed by atoms with Crippen molar-refractivity contribution in [3.8, 4) is 5.75 Å². The molecule has 3 heteroatoms. The Hall–Kier alpha value is -2.29. The molecule has 0 fully saturated rings. The number of carbonyl (C=O) groups excluding carboxylic acids is 1. The monoisotopic (exact) mass is 283 g/mol. The highest BCUT2D eigenvalue weighted by Crippen LogP contribution is 2.11. The van der Waals surface area contributed by atoms with Crippen molar-refractivity contribution in [2.24, 2.45) is 0 Å². The highest BCUT2D eigenvalue weighted by Gasteiger charge is 2.09. The normalized spacial score (nSPS) is 10.4. The zero-order chi connectivity index (χ0) is 15.2. The second-order valence-electron chi connectivity index (χ2n) is 5.40. The molecule has 0 heterocycles. The van der Waals surface area contributed by atoms with Crippen molar-refractivity contribution in [2.75, 3.05) is 13.6 Å². The van der Waals surface area contributed by atoms with Crippen LogP contribution in [0, 0.1) is 6.92 Å². The summed E-state index contributed by atoms with van der Waals surface area (Å²) in [6.07, 6.45) is 1.23. The van der Waals surface area contributed by atoms with Crippen LogP contribution in [0.15, 0.2) is 48.5 Å². The Morgan fingerprint density at radius 1 is 1.10 bits per heavy atom. The molecule has 21 heavy (non-hydrogen) atoms. The minimum Gasteiger partial charge on any atom is -0.508 e. The van der Waals surface area contributed by atoms with E-state index in [2.05, 4.69) is 25.1 Å². The zero-order valence-electron chi connectivity index (χ0n) is 12.5. The fourth-order valence-electron chi connectivity index (χ4n) is 2.21. The van der Waals surface area contributed by atoms with Gasteiger partial charge in [0.15, 0.2) is 0 Å². The van der Waals surface area contributed by atoms with E-state index in [1.54, 1.807) is 29.2 Å². The molecular formula is C18H21NO2. The van der Waals surface area contributed by atoms with E-state index in [0.717, 1.165) is 12.0 Å². The third-order valence-corrected chi connectivity index (χ3v) is 3.54. The van der Waals surface area contributed by atoms with E-state index in [0.29, 0.717) is 13.0 Å². The first-order valence-electron chi connectivity index (χ1n) is 7.12. The van der Waals surface area contributed by atoms with E-state index in [1.165, 1.54) is 11.1 Å². The fraction of sp³-hybridized carbons (Fsp3) is 0.278. The summed E-state index contributed by atoms with van der Waals surface area (Å²) >= 11 is 0. The van der Waals surface area contributed by atoms with Gasteiger partial charge in [-0.3, -0.25) is 4.79 Å². The summed E-state index contributed by atoms with van der Waals surface area (Å²) in [4.78, 5) is 13.9. The second-order valence-corrected chi connectivity index (χ2v) is 5.40. The van der Waals surface area contributed by atoms with Gasteiger partial charge in [0.25, 0.3) is 0 Å². The molecule has 0 spiro atoms. The van der Waals surface area contributed by atoms with Crippen molar-refractivity contribution < 1.29 is 9.90 Å². The molecular weight excluding hydrogens is 262 g/mol. The maximum Gasteiger partial charge on any atom is 0.226 e. The number of aromatic hydroxyl groups is 1. The first-order valence-corrected chi connectivity index (χ1v) is 7.12. The molecule has 0 unspecified atom stereocenters. The summed E-state index contributed by atoms with van der Waals surface area (Å²) in [6, 6.07) is 15.1. The van der Waals surface area contributed by atoms with Crippen LogP contribution in [0.5, 0.6) is 5.75 Å². The lowest BCUT2D eigenvalue weighted by Crippen LogP contribution is -2.30. The summed E-state index contributed by atoms with van der Waals surface area (Å²) in [5.41, 5.74) is 3.41. The van der Waals surface area contributed by atoms with Crippen molar-refractivity contribution in [1.29, 1.82) is 0 Å². The highest BCUT2D eigenvalue weighted by molar-refractivity contribution is 5.78. The van der Waals surface area contributed by atoms with Gasteiger partial charge in [-0.1, -0.05) is 42.0 Å². The first-order chi connectivity index (χ1) is 10.0. The van der Waals surface area contributed by atoms with Crippen LogP contribution in [0.2, 0.25) is 0 Å². The molecule has 3 nitrogen and oxygen atoms in total. The molecule has 2 aromatic carbocycles. The van der Waals surface area contributed by atoms with Crippen molar-refractivity contribution in [3.05, 3.63) is 65.2 Å².